The van der Waals surface area contributed by atoms with E-state index in [1.165, 1.54) is 5.69 Å². The number of nitrogens with zero attached hydrogens (tertiary/aromatic N) is 2. The number of hydrogen-bond donors (Lipinski definition) is 0. The van der Waals surface area contributed by atoms with Crippen molar-refractivity contribution in [2.45, 2.75) is 26.8 Å². The van der Waals surface area contributed by atoms with E-state index in [0.717, 1.165) is 13.0 Å². The largest absolute Gasteiger partial charge is 0.512 e. The van der Waals surface area contributed by atoms with E-state index < -0.39 is 0 Å². The fourth-order valence-corrected chi connectivity index (χ4v) is 1.14. The third kappa shape index (κ3) is 2.71. The van der Waals surface area contributed by atoms with Crippen LogP contribution in [0.1, 0.15) is 19.5 Å². The van der Waals surface area contributed by atoms with Crippen molar-refractivity contribution < 1.29 is 4.57 Å². The lowest BCUT2D eigenvalue weighted by Gasteiger charge is -1.96. The first-order valence-electron chi connectivity index (χ1n) is 4.08. The van der Waals surface area contributed by atoms with Crippen LogP contribution in [0.2, 0.25) is 0 Å². The molecule has 0 amide bonds. The maximum absolute atomic E-state index is 6.25. The second-order valence-corrected chi connectivity index (χ2v) is 2.33. The Morgan fingerprint density at radius 1 is 1.33 bits per heavy atom. The second-order valence-electron chi connectivity index (χ2n) is 2.33. The summed E-state index contributed by atoms with van der Waals surface area (Å²) in [4.78, 5) is 0. The van der Waals surface area contributed by atoms with E-state index in [2.05, 4.69) is 42.8 Å². The summed E-state index contributed by atoms with van der Waals surface area (Å²) >= 11 is 0. The molecule has 12 heavy (non-hydrogen) atoms. The molecule has 0 N–H and O–H groups in total. The van der Waals surface area contributed by atoms with Gasteiger partial charge in [-0.05, 0) is 6.92 Å². The minimum atomic E-state index is 1.07. The van der Waals surface area contributed by atoms with Crippen molar-refractivity contribution in [3.8, 4) is 0 Å². The lowest BCUT2D eigenvalue weighted by atomic mass is 10.3. The molecule has 0 aliphatic carbocycles. The van der Waals surface area contributed by atoms with Crippen LogP contribution in [0.5, 0.6) is 0 Å². The number of aromatic nitrogens is 1. The highest BCUT2D eigenvalue weighted by Crippen LogP contribution is 1.90. The van der Waals surface area contributed by atoms with Gasteiger partial charge in [0.2, 0.25) is 0 Å². The Morgan fingerprint density at radius 2 is 2.00 bits per heavy atom. The lowest BCUT2D eigenvalue weighted by molar-refractivity contribution is -0.700. The molecule has 2 heteroatoms. The molecule has 0 spiro atoms. The smallest absolute Gasteiger partial charge is 0.181 e. The average molecular weight is 162 g/mol. The van der Waals surface area contributed by atoms with Gasteiger partial charge in [-0.2, -0.15) is 0 Å². The molecule has 0 unspecified atom stereocenters. The SMILES string of the molecule is CCc1cccc[n+]1CC.[C-]#N. The Morgan fingerprint density at radius 3 is 2.42 bits per heavy atom. The van der Waals surface area contributed by atoms with Gasteiger partial charge in [0.05, 0.1) is 0 Å². The van der Waals surface area contributed by atoms with Gasteiger partial charge in [0.1, 0.15) is 6.54 Å². The molecule has 1 heterocycles. The highest BCUT2D eigenvalue weighted by atomic mass is 14.9. The Hall–Kier alpha value is -1.36. The summed E-state index contributed by atoms with van der Waals surface area (Å²) in [5, 5.41) is 6.25. The summed E-state index contributed by atoms with van der Waals surface area (Å²) in [6.45, 7) is 10.2. The van der Waals surface area contributed by atoms with Gasteiger partial charge in [0.15, 0.2) is 11.9 Å². The molecular weight excluding hydrogens is 148 g/mol. The lowest BCUT2D eigenvalue weighted by Crippen LogP contribution is -2.36. The van der Waals surface area contributed by atoms with Crippen LogP contribution in [-0.2, 0) is 13.0 Å². The van der Waals surface area contributed by atoms with E-state index in [0.29, 0.717) is 0 Å². The zero-order valence-electron chi connectivity index (χ0n) is 7.62. The third-order valence-corrected chi connectivity index (χ3v) is 1.74. The zero-order valence-corrected chi connectivity index (χ0v) is 7.62. The summed E-state index contributed by atoms with van der Waals surface area (Å²) < 4.78 is 2.26. The first kappa shape index (κ1) is 10.6. The van der Waals surface area contributed by atoms with E-state index in [-0.39, 0.29) is 0 Å². The van der Waals surface area contributed by atoms with Gasteiger partial charge in [-0.15, -0.1) is 0 Å². The fourth-order valence-electron chi connectivity index (χ4n) is 1.14. The van der Waals surface area contributed by atoms with Crippen LogP contribution >= 0.6 is 0 Å². The molecule has 0 saturated carbocycles. The Kier molecular flexibility index (Phi) is 5.64. The van der Waals surface area contributed by atoms with Gasteiger partial charge >= 0.3 is 0 Å². The summed E-state index contributed by atoms with van der Waals surface area (Å²) in [6, 6.07) is 6.33. The molecule has 0 aromatic carbocycles. The van der Waals surface area contributed by atoms with Gasteiger partial charge in [-0.1, -0.05) is 13.0 Å². The minimum Gasteiger partial charge on any atom is -0.512 e. The maximum atomic E-state index is 6.25. The first-order valence-corrected chi connectivity index (χ1v) is 4.08. The van der Waals surface area contributed by atoms with E-state index >= 15 is 0 Å². The normalized spacial score (nSPS) is 8.33. The van der Waals surface area contributed by atoms with Crippen LogP contribution in [0.3, 0.4) is 0 Å². The number of pyridine rings is 1. The number of rotatable bonds is 2. The van der Waals surface area contributed by atoms with Crippen LogP contribution in [0, 0.1) is 11.8 Å². The van der Waals surface area contributed by atoms with Gasteiger partial charge < -0.3 is 11.8 Å². The molecule has 0 radical (unpaired) electrons. The molecule has 0 saturated heterocycles. The number of hydrogen-bond acceptors (Lipinski definition) is 1. The number of aryl methyl sites for hydroxylation is 2. The van der Waals surface area contributed by atoms with Crippen molar-refractivity contribution in [2.75, 3.05) is 0 Å². The quantitative estimate of drug-likeness (QED) is 0.480. The van der Waals surface area contributed by atoms with E-state index in [1.54, 1.807) is 0 Å². The van der Waals surface area contributed by atoms with Gasteiger partial charge in [-0.25, -0.2) is 4.57 Å². The second kappa shape index (κ2) is 6.36. The highest BCUT2D eigenvalue weighted by Gasteiger charge is 2.01. The van der Waals surface area contributed by atoms with Crippen molar-refractivity contribution in [1.29, 1.82) is 5.26 Å². The molecule has 0 fully saturated rings. The van der Waals surface area contributed by atoms with Crippen LogP contribution < -0.4 is 4.57 Å². The minimum absolute atomic E-state index is 1.07. The molecule has 2 nitrogen and oxygen atoms in total. The van der Waals surface area contributed by atoms with Crippen molar-refractivity contribution in [3.05, 3.63) is 36.7 Å². The van der Waals surface area contributed by atoms with Gasteiger partial charge in [0.25, 0.3) is 0 Å². The summed E-state index contributed by atoms with van der Waals surface area (Å²) in [6.07, 6.45) is 3.24. The standard InChI is InChI=1S/C9H14N.CN/c1-3-9-7-5-6-8-10(9)4-2;1-2/h5-8H,3-4H2,1-2H3;/q+1;-1. The maximum Gasteiger partial charge on any atom is 0.181 e. The van der Waals surface area contributed by atoms with E-state index in [4.69, 9.17) is 11.8 Å². The Balaban J connectivity index is 0.000000561. The molecule has 0 atom stereocenters. The molecule has 0 aliphatic heterocycles. The molecule has 1 aromatic heterocycles. The first-order chi connectivity index (χ1) is 5.88. The molecule has 1 aromatic rings. The van der Waals surface area contributed by atoms with Crippen LogP contribution in [0.25, 0.3) is 0 Å². The zero-order chi connectivity index (χ0) is 9.40. The average Bonchev–Trinajstić information content (AvgIpc) is 2.20. The highest BCUT2D eigenvalue weighted by molar-refractivity contribution is 4.96. The molecule has 1 rings (SSSR count). The van der Waals surface area contributed by atoms with Crippen molar-refractivity contribution in [2.24, 2.45) is 0 Å². The Bertz CT molecular complexity index is 218. The molecular formula is C10H14N2. The predicted octanol–water partition coefficient (Wildman–Crippen LogP) is 1.65. The van der Waals surface area contributed by atoms with Crippen LogP contribution in [-0.4, -0.2) is 0 Å². The van der Waals surface area contributed by atoms with Crippen LogP contribution in [0.4, 0.5) is 0 Å². The molecule has 64 valence electrons. The monoisotopic (exact) mass is 162 g/mol. The van der Waals surface area contributed by atoms with Crippen molar-refractivity contribution in [3.63, 3.8) is 0 Å². The fraction of sp³-hybridized carbons (Fsp3) is 0.400. The van der Waals surface area contributed by atoms with Crippen molar-refractivity contribution >= 4 is 0 Å². The predicted molar refractivity (Wildman–Crippen MR) is 46.7 cm³/mol. The summed E-state index contributed by atoms with van der Waals surface area (Å²) in [5.41, 5.74) is 1.41. The van der Waals surface area contributed by atoms with Gasteiger partial charge in [-0.3, -0.25) is 0 Å². The van der Waals surface area contributed by atoms with E-state index in [1.807, 2.05) is 0 Å². The summed E-state index contributed by atoms with van der Waals surface area (Å²) in [7, 11) is 0. The summed E-state index contributed by atoms with van der Waals surface area (Å²) in [5.74, 6) is 0. The Labute approximate surface area is 74.1 Å². The topological polar surface area (TPSA) is 27.7 Å². The van der Waals surface area contributed by atoms with Crippen LogP contribution in [0.15, 0.2) is 24.4 Å². The third-order valence-electron chi connectivity index (χ3n) is 1.74. The molecule has 0 bridgehead atoms. The molecule has 0 aliphatic rings. The van der Waals surface area contributed by atoms with Crippen molar-refractivity contribution in [1.82, 2.24) is 0 Å². The van der Waals surface area contributed by atoms with Gasteiger partial charge in [0, 0.05) is 18.6 Å². The van der Waals surface area contributed by atoms with E-state index in [9.17, 15) is 0 Å².